The molecule has 0 saturated carbocycles. The van der Waals surface area contributed by atoms with E-state index in [1.165, 1.54) is 0 Å². The summed E-state index contributed by atoms with van der Waals surface area (Å²) in [5.41, 5.74) is 2.39. The van der Waals surface area contributed by atoms with E-state index in [9.17, 15) is 15.0 Å². The van der Waals surface area contributed by atoms with Gasteiger partial charge in [0.2, 0.25) is 0 Å². The summed E-state index contributed by atoms with van der Waals surface area (Å²) in [6.07, 6.45) is 0. The van der Waals surface area contributed by atoms with Crippen molar-refractivity contribution in [2.45, 2.75) is 19.9 Å². The van der Waals surface area contributed by atoms with Crippen molar-refractivity contribution in [3.63, 3.8) is 0 Å². The molecule has 2 rings (SSSR count). The molecule has 0 heterocycles. The van der Waals surface area contributed by atoms with Crippen LogP contribution < -0.4 is 5.32 Å². The number of carbonyl (C=O) groups is 1. The van der Waals surface area contributed by atoms with Crippen molar-refractivity contribution >= 4 is 23.3 Å². The molecule has 0 amide bonds. The van der Waals surface area contributed by atoms with E-state index < -0.39 is 12.0 Å². The predicted octanol–water partition coefficient (Wildman–Crippen LogP) is 3.90. The summed E-state index contributed by atoms with van der Waals surface area (Å²) in [7, 11) is 0. The van der Waals surface area contributed by atoms with E-state index in [2.05, 4.69) is 5.32 Å². The smallest absolute Gasteiger partial charge is 0.330 e. The Kier molecular flexibility index (Phi) is 4.38. The number of carboxylic acid groups (broad SMARTS) is 1. The Balaban J connectivity index is 2.41. The Hall–Kier alpha value is -2.20. The molecule has 5 heteroatoms. The molecule has 110 valence electrons. The first kappa shape index (κ1) is 15.2. The van der Waals surface area contributed by atoms with Gasteiger partial charge in [0.25, 0.3) is 0 Å². The maximum Gasteiger partial charge on any atom is 0.330 e. The Labute approximate surface area is 128 Å². The van der Waals surface area contributed by atoms with Crippen LogP contribution in [0.25, 0.3) is 0 Å². The first-order chi connectivity index (χ1) is 9.90. The zero-order valence-corrected chi connectivity index (χ0v) is 12.5. The summed E-state index contributed by atoms with van der Waals surface area (Å²) in [5, 5.41) is 22.6. The highest BCUT2D eigenvalue weighted by atomic mass is 35.5. The summed E-state index contributed by atoms with van der Waals surface area (Å²) in [5.74, 6) is -0.833. The van der Waals surface area contributed by atoms with Gasteiger partial charge in [0.1, 0.15) is 5.75 Å². The Morgan fingerprint density at radius 3 is 2.29 bits per heavy atom. The molecule has 0 aliphatic carbocycles. The van der Waals surface area contributed by atoms with Crippen LogP contribution in [0.5, 0.6) is 5.75 Å². The van der Waals surface area contributed by atoms with Gasteiger partial charge in [0.15, 0.2) is 6.04 Å². The molecule has 0 aromatic heterocycles. The van der Waals surface area contributed by atoms with Gasteiger partial charge in [0.05, 0.1) is 10.7 Å². The number of para-hydroxylation sites is 1. The Morgan fingerprint density at radius 2 is 1.76 bits per heavy atom. The molecule has 1 unspecified atom stereocenters. The van der Waals surface area contributed by atoms with Crippen LogP contribution in [0.4, 0.5) is 5.69 Å². The van der Waals surface area contributed by atoms with Gasteiger partial charge >= 0.3 is 5.97 Å². The van der Waals surface area contributed by atoms with Gasteiger partial charge in [-0.05, 0) is 54.8 Å². The number of rotatable bonds is 4. The highest BCUT2D eigenvalue weighted by molar-refractivity contribution is 6.33. The maximum atomic E-state index is 11.6. The number of anilines is 1. The van der Waals surface area contributed by atoms with Crippen molar-refractivity contribution in [3.8, 4) is 5.75 Å². The lowest BCUT2D eigenvalue weighted by Crippen LogP contribution is -2.21. The molecule has 0 saturated heterocycles. The third kappa shape index (κ3) is 3.28. The van der Waals surface area contributed by atoms with Gasteiger partial charge in [-0.2, -0.15) is 0 Å². The molecular weight excluding hydrogens is 290 g/mol. The van der Waals surface area contributed by atoms with Gasteiger partial charge in [-0.15, -0.1) is 0 Å². The van der Waals surface area contributed by atoms with Crippen LogP contribution in [0.15, 0.2) is 36.4 Å². The lowest BCUT2D eigenvalue weighted by molar-refractivity contribution is -0.138. The number of aryl methyl sites for hydroxylation is 2. The van der Waals surface area contributed by atoms with E-state index in [0.29, 0.717) is 27.4 Å². The van der Waals surface area contributed by atoms with E-state index in [1.807, 2.05) is 0 Å². The van der Waals surface area contributed by atoms with Crippen LogP contribution in [-0.4, -0.2) is 16.2 Å². The highest BCUT2D eigenvalue weighted by Crippen LogP contribution is 2.30. The molecule has 2 aromatic carbocycles. The Bertz CT molecular complexity index is 662. The molecule has 4 nitrogen and oxygen atoms in total. The van der Waals surface area contributed by atoms with Gasteiger partial charge in [-0.3, -0.25) is 0 Å². The zero-order chi connectivity index (χ0) is 15.6. The second-order valence-corrected chi connectivity index (χ2v) is 5.31. The lowest BCUT2D eigenvalue weighted by Gasteiger charge is -2.18. The van der Waals surface area contributed by atoms with Gasteiger partial charge in [-0.25, -0.2) is 4.79 Å². The number of carboxylic acids is 1. The quantitative estimate of drug-likeness (QED) is 0.801. The number of benzene rings is 2. The standard InChI is InChI=1S/C16H16ClNO3/c1-9-7-11(8-10(2)15(9)19)14(16(20)21)18-13-6-4-3-5-12(13)17/h3-8,14,18-19H,1-2H3,(H,20,21). The predicted molar refractivity (Wildman–Crippen MR) is 83.0 cm³/mol. The number of hydrogen-bond donors (Lipinski definition) is 3. The van der Waals surface area contributed by atoms with E-state index in [1.54, 1.807) is 50.2 Å². The normalized spacial score (nSPS) is 12.0. The number of aliphatic carboxylic acids is 1. The number of nitrogens with one attached hydrogen (secondary N) is 1. The molecule has 0 aliphatic heterocycles. The molecule has 0 aliphatic rings. The first-order valence-electron chi connectivity index (χ1n) is 6.44. The van der Waals surface area contributed by atoms with E-state index in [-0.39, 0.29) is 5.75 Å². The minimum Gasteiger partial charge on any atom is -0.507 e. The third-order valence-corrected chi connectivity index (χ3v) is 3.60. The summed E-state index contributed by atoms with van der Waals surface area (Å²) in [4.78, 5) is 11.6. The summed E-state index contributed by atoms with van der Waals surface area (Å²) in [6, 6.07) is 9.34. The molecule has 0 radical (unpaired) electrons. The molecule has 0 spiro atoms. The van der Waals surface area contributed by atoms with Crippen LogP contribution in [-0.2, 0) is 4.79 Å². The molecule has 21 heavy (non-hydrogen) atoms. The molecule has 3 N–H and O–H groups in total. The van der Waals surface area contributed by atoms with Crippen molar-refractivity contribution in [1.29, 1.82) is 0 Å². The largest absolute Gasteiger partial charge is 0.507 e. The summed E-state index contributed by atoms with van der Waals surface area (Å²) >= 11 is 6.05. The number of hydrogen-bond acceptors (Lipinski definition) is 3. The lowest BCUT2D eigenvalue weighted by atomic mass is 10.00. The van der Waals surface area contributed by atoms with Crippen LogP contribution in [0, 0.1) is 13.8 Å². The van der Waals surface area contributed by atoms with Crippen molar-refractivity contribution < 1.29 is 15.0 Å². The molecule has 0 bridgehead atoms. The fourth-order valence-corrected chi connectivity index (χ4v) is 2.37. The topological polar surface area (TPSA) is 69.6 Å². The molecule has 1 atom stereocenters. The van der Waals surface area contributed by atoms with Gasteiger partial charge in [0, 0.05) is 0 Å². The number of aromatic hydroxyl groups is 1. The average Bonchev–Trinajstić information content (AvgIpc) is 2.43. The minimum atomic E-state index is -1.01. The van der Waals surface area contributed by atoms with E-state index in [4.69, 9.17) is 11.6 Å². The molecular formula is C16H16ClNO3. The minimum absolute atomic E-state index is 0.181. The number of phenols is 1. The monoisotopic (exact) mass is 305 g/mol. The van der Waals surface area contributed by atoms with Crippen LogP contribution in [0.1, 0.15) is 22.7 Å². The van der Waals surface area contributed by atoms with E-state index >= 15 is 0 Å². The number of halogens is 1. The molecule has 0 fully saturated rings. The van der Waals surface area contributed by atoms with Crippen molar-refractivity contribution in [3.05, 3.63) is 58.1 Å². The van der Waals surface area contributed by atoms with Crippen LogP contribution in [0.3, 0.4) is 0 Å². The first-order valence-corrected chi connectivity index (χ1v) is 6.82. The average molecular weight is 306 g/mol. The zero-order valence-electron chi connectivity index (χ0n) is 11.7. The van der Waals surface area contributed by atoms with Gasteiger partial charge < -0.3 is 15.5 Å². The van der Waals surface area contributed by atoms with Crippen LogP contribution >= 0.6 is 11.6 Å². The fraction of sp³-hybridized carbons (Fsp3) is 0.188. The Morgan fingerprint density at radius 1 is 1.19 bits per heavy atom. The summed E-state index contributed by atoms with van der Waals surface area (Å²) < 4.78 is 0. The van der Waals surface area contributed by atoms with Crippen molar-refractivity contribution in [1.82, 2.24) is 0 Å². The van der Waals surface area contributed by atoms with Crippen molar-refractivity contribution in [2.24, 2.45) is 0 Å². The second-order valence-electron chi connectivity index (χ2n) is 4.90. The maximum absolute atomic E-state index is 11.6. The number of phenolic OH excluding ortho intramolecular Hbond substituents is 1. The van der Waals surface area contributed by atoms with E-state index in [0.717, 1.165) is 0 Å². The second kappa shape index (κ2) is 6.06. The SMILES string of the molecule is Cc1cc(C(Nc2ccccc2Cl)C(=O)O)cc(C)c1O. The third-order valence-electron chi connectivity index (χ3n) is 3.27. The van der Waals surface area contributed by atoms with Crippen LogP contribution in [0.2, 0.25) is 5.02 Å². The highest BCUT2D eigenvalue weighted by Gasteiger charge is 2.22. The molecule has 2 aromatic rings. The summed E-state index contributed by atoms with van der Waals surface area (Å²) in [6.45, 7) is 3.47. The fourth-order valence-electron chi connectivity index (χ4n) is 2.18. The van der Waals surface area contributed by atoms with Gasteiger partial charge in [-0.1, -0.05) is 23.7 Å². The van der Waals surface area contributed by atoms with Crippen molar-refractivity contribution in [2.75, 3.05) is 5.32 Å².